The Balaban J connectivity index is 1.60. The molecule has 2 aromatic rings. The Kier molecular flexibility index (Phi) is 5.02. The third-order valence-electron chi connectivity index (χ3n) is 5.32. The van der Waals surface area contributed by atoms with Crippen molar-refractivity contribution in [2.24, 2.45) is 0 Å². The number of nitrogens with one attached hydrogen (secondary N) is 2. The zero-order valence-electron chi connectivity index (χ0n) is 16.0. The molecule has 4 rings (SSSR count). The molecule has 3 amide bonds. The molecule has 2 aliphatic rings. The molecule has 2 aliphatic heterocycles. The lowest BCUT2D eigenvalue weighted by atomic mass is 9.98. The average Bonchev–Trinajstić information content (AvgIpc) is 3.05. The third-order valence-corrected chi connectivity index (χ3v) is 5.32. The van der Waals surface area contributed by atoms with E-state index in [2.05, 4.69) is 15.6 Å². The van der Waals surface area contributed by atoms with Gasteiger partial charge in [0.05, 0.1) is 6.61 Å². The van der Waals surface area contributed by atoms with Gasteiger partial charge in [0.25, 0.3) is 5.91 Å². The third kappa shape index (κ3) is 3.58. The Labute approximate surface area is 167 Å². The number of fused-ring (bicyclic) bond motifs is 1. The molecule has 0 bridgehead atoms. The minimum Gasteiger partial charge on any atom is -0.394 e. The number of nitrogens with zero attached hydrogens (tertiary/aromatic N) is 2. The lowest BCUT2D eigenvalue weighted by Gasteiger charge is -2.29. The fraction of sp³-hybridized carbons (Fsp3) is 0.333. The number of benzene rings is 1. The molecule has 0 spiro atoms. The molecule has 29 heavy (non-hydrogen) atoms. The first-order chi connectivity index (χ1) is 14.0. The van der Waals surface area contributed by atoms with E-state index < -0.39 is 11.9 Å². The van der Waals surface area contributed by atoms with Crippen LogP contribution < -0.4 is 10.6 Å². The van der Waals surface area contributed by atoms with E-state index in [9.17, 15) is 14.4 Å². The van der Waals surface area contributed by atoms with Gasteiger partial charge in [-0.15, -0.1) is 0 Å². The first kappa shape index (κ1) is 19.1. The van der Waals surface area contributed by atoms with Crippen LogP contribution in [0.5, 0.6) is 0 Å². The SMILES string of the molecule is C[C@@H](CO)Nc1ccc(-c2cccc3c2CN(C2CCC(=O)NC2=O)C3=O)cn1. The Morgan fingerprint density at radius 2 is 2.03 bits per heavy atom. The summed E-state index contributed by atoms with van der Waals surface area (Å²) in [5.74, 6) is -0.256. The molecule has 3 N–H and O–H groups in total. The van der Waals surface area contributed by atoms with Crippen molar-refractivity contribution in [1.82, 2.24) is 15.2 Å². The molecule has 1 aromatic heterocycles. The highest BCUT2D eigenvalue weighted by molar-refractivity contribution is 6.06. The second-order valence-electron chi connectivity index (χ2n) is 7.39. The summed E-state index contributed by atoms with van der Waals surface area (Å²) in [4.78, 5) is 42.5. The van der Waals surface area contributed by atoms with E-state index in [0.29, 0.717) is 24.3 Å². The number of hydrogen-bond donors (Lipinski definition) is 3. The Bertz CT molecular complexity index is 973. The van der Waals surface area contributed by atoms with E-state index in [1.54, 1.807) is 17.2 Å². The van der Waals surface area contributed by atoms with Crippen LogP contribution >= 0.6 is 0 Å². The van der Waals surface area contributed by atoms with Crippen LogP contribution in [0.4, 0.5) is 5.82 Å². The van der Waals surface area contributed by atoms with Crippen molar-refractivity contribution < 1.29 is 19.5 Å². The molecule has 8 heteroatoms. The number of hydrogen-bond acceptors (Lipinski definition) is 6. The summed E-state index contributed by atoms with van der Waals surface area (Å²) in [6.45, 7) is 2.18. The lowest BCUT2D eigenvalue weighted by molar-refractivity contribution is -0.136. The lowest BCUT2D eigenvalue weighted by Crippen LogP contribution is -2.52. The van der Waals surface area contributed by atoms with Gasteiger partial charge in [-0.2, -0.15) is 0 Å². The molecule has 0 radical (unpaired) electrons. The van der Waals surface area contributed by atoms with Gasteiger partial charge in [-0.05, 0) is 42.7 Å². The number of aliphatic hydroxyl groups is 1. The first-order valence-electron chi connectivity index (χ1n) is 9.58. The van der Waals surface area contributed by atoms with Gasteiger partial charge in [0, 0.05) is 36.3 Å². The summed E-state index contributed by atoms with van der Waals surface area (Å²) in [7, 11) is 0. The molecule has 1 saturated heterocycles. The van der Waals surface area contributed by atoms with Crippen LogP contribution in [0.1, 0.15) is 35.7 Å². The second-order valence-corrected chi connectivity index (χ2v) is 7.39. The largest absolute Gasteiger partial charge is 0.394 e. The van der Waals surface area contributed by atoms with E-state index in [1.165, 1.54) is 0 Å². The number of imide groups is 1. The van der Waals surface area contributed by atoms with Crippen LogP contribution in [-0.4, -0.2) is 51.4 Å². The van der Waals surface area contributed by atoms with Crippen molar-refractivity contribution in [2.75, 3.05) is 11.9 Å². The van der Waals surface area contributed by atoms with Crippen LogP contribution in [0.3, 0.4) is 0 Å². The van der Waals surface area contributed by atoms with Crippen molar-refractivity contribution >= 4 is 23.5 Å². The second kappa shape index (κ2) is 7.63. The topological polar surface area (TPSA) is 112 Å². The van der Waals surface area contributed by atoms with E-state index in [-0.39, 0.29) is 30.9 Å². The normalized spacial score (nSPS) is 19.7. The maximum absolute atomic E-state index is 12.9. The van der Waals surface area contributed by atoms with E-state index in [1.807, 2.05) is 31.2 Å². The van der Waals surface area contributed by atoms with Crippen molar-refractivity contribution in [3.8, 4) is 11.1 Å². The van der Waals surface area contributed by atoms with Gasteiger partial charge in [-0.3, -0.25) is 19.7 Å². The highest BCUT2D eigenvalue weighted by Gasteiger charge is 2.39. The molecular weight excluding hydrogens is 372 g/mol. The molecule has 8 nitrogen and oxygen atoms in total. The Hall–Kier alpha value is -3.26. The number of aliphatic hydroxyl groups excluding tert-OH is 1. The predicted octanol–water partition coefficient (Wildman–Crippen LogP) is 1.30. The van der Waals surface area contributed by atoms with Crippen molar-refractivity contribution in [3.63, 3.8) is 0 Å². The monoisotopic (exact) mass is 394 g/mol. The standard InChI is InChI=1S/C21H22N4O4/c1-12(11-26)23-18-7-5-13(9-22-18)14-3-2-4-15-16(14)10-25(21(15)29)17-6-8-19(27)24-20(17)28/h2-5,7,9,12,17,26H,6,8,10-11H2,1H3,(H,22,23)(H,24,27,28)/t12-,17?/m0/s1. The molecular formula is C21H22N4O4. The van der Waals surface area contributed by atoms with E-state index in [4.69, 9.17) is 5.11 Å². The number of anilines is 1. The summed E-state index contributed by atoms with van der Waals surface area (Å²) in [6.07, 6.45) is 2.29. The zero-order valence-corrected chi connectivity index (χ0v) is 16.0. The highest BCUT2D eigenvalue weighted by Crippen LogP contribution is 2.34. The van der Waals surface area contributed by atoms with Gasteiger partial charge in [0.15, 0.2) is 0 Å². The summed E-state index contributed by atoms with van der Waals surface area (Å²) in [6, 6.07) is 8.52. The fourth-order valence-corrected chi connectivity index (χ4v) is 3.79. The van der Waals surface area contributed by atoms with Crippen molar-refractivity contribution in [3.05, 3.63) is 47.7 Å². The number of aromatic nitrogens is 1. The van der Waals surface area contributed by atoms with Crippen LogP contribution in [-0.2, 0) is 16.1 Å². The molecule has 1 aromatic carbocycles. The average molecular weight is 394 g/mol. The van der Waals surface area contributed by atoms with Gasteiger partial charge in [-0.1, -0.05) is 12.1 Å². The quantitative estimate of drug-likeness (QED) is 0.659. The molecule has 1 unspecified atom stereocenters. The van der Waals surface area contributed by atoms with E-state index in [0.717, 1.165) is 16.7 Å². The molecule has 3 heterocycles. The van der Waals surface area contributed by atoms with Crippen LogP contribution in [0, 0.1) is 0 Å². The first-order valence-corrected chi connectivity index (χ1v) is 9.58. The van der Waals surface area contributed by atoms with Crippen molar-refractivity contribution in [2.45, 2.75) is 38.4 Å². The van der Waals surface area contributed by atoms with Crippen LogP contribution in [0.25, 0.3) is 11.1 Å². The molecule has 1 fully saturated rings. The van der Waals surface area contributed by atoms with Gasteiger partial charge in [0.2, 0.25) is 11.8 Å². The number of amides is 3. The van der Waals surface area contributed by atoms with Crippen LogP contribution in [0.15, 0.2) is 36.5 Å². The minimum atomic E-state index is -0.634. The fourth-order valence-electron chi connectivity index (χ4n) is 3.79. The molecule has 0 saturated carbocycles. The van der Waals surface area contributed by atoms with Gasteiger partial charge >= 0.3 is 0 Å². The predicted molar refractivity (Wildman–Crippen MR) is 106 cm³/mol. The smallest absolute Gasteiger partial charge is 0.255 e. The van der Waals surface area contributed by atoms with Crippen molar-refractivity contribution in [1.29, 1.82) is 0 Å². The highest BCUT2D eigenvalue weighted by atomic mass is 16.3. The number of carbonyl (C=O) groups excluding carboxylic acids is 3. The summed E-state index contributed by atoms with van der Waals surface area (Å²) < 4.78 is 0. The Morgan fingerprint density at radius 1 is 1.24 bits per heavy atom. The van der Waals surface area contributed by atoms with Gasteiger partial charge < -0.3 is 15.3 Å². The number of pyridine rings is 1. The number of piperidine rings is 1. The maximum Gasteiger partial charge on any atom is 0.255 e. The molecule has 2 atom stereocenters. The summed E-state index contributed by atoms with van der Waals surface area (Å²) in [5.41, 5.74) is 3.18. The number of carbonyl (C=O) groups is 3. The summed E-state index contributed by atoms with van der Waals surface area (Å²) >= 11 is 0. The van der Waals surface area contributed by atoms with E-state index >= 15 is 0 Å². The zero-order chi connectivity index (χ0) is 20.5. The molecule has 0 aliphatic carbocycles. The number of rotatable bonds is 5. The summed E-state index contributed by atoms with van der Waals surface area (Å²) in [5, 5.41) is 14.6. The molecule has 150 valence electrons. The minimum absolute atomic E-state index is 0.00785. The van der Waals surface area contributed by atoms with Gasteiger partial charge in [-0.25, -0.2) is 4.98 Å². The van der Waals surface area contributed by atoms with Crippen LogP contribution in [0.2, 0.25) is 0 Å². The Morgan fingerprint density at radius 3 is 2.72 bits per heavy atom. The van der Waals surface area contributed by atoms with Gasteiger partial charge in [0.1, 0.15) is 11.9 Å². The maximum atomic E-state index is 12.9.